The van der Waals surface area contributed by atoms with Crippen LogP contribution in [0, 0.1) is 29.1 Å². The first-order valence-electron chi connectivity index (χ1n) is 13.1. The van der Waals surface area contributed by atoms with Gasteiger partial charge in [-0.05, 0) is 20.3 Å². The summed E-state index contributed by atoms with van der Waals surface area (Å²) in [5, 5.41) is 52.8. The Bertz CT molecular complexity index is 984. The van der Waals surface area contributed by atoms with Crippen molar-refractivity contribution in [3.8, 4) is 0 Å². The van der Waals surface area contributed by atoms with Crippen molar-refractivity contribution in [3.63, 3.8) is 0 Å². The molecule has 36 heavy (non-hydrogen) atoms. The van der Waals surface area contributed by atoms with Crippen LogP contribution >= 0.6 is 0 Å². The summed E-state index contributed by atoms with van der Waals surface area (Å²) in [4.78, 5) is 15.3. The van der Waals surface area contributed by atoms with E-state index < -0.39 is 41.9 Å². The summed E-state index contributed by atoms with van der Waals surface area (Å²) < 4.78 is 0. The second-order valence-electron chi connectivity index (χ2n) is 11.4. The second kappa shape index (κ2) is 10.4. The summed E-state index contributed by atoms with van der Waals surface area (Å²) in [5.74, 6) is -0.942. The molecule has 2 aliphatic carbocycles. The van der Waals surface area contributed by atoms with Crippen molar-refractivity contribution in [2.45, 2.75) is 83.1 Å². The van der Waals surface area contributed by atoms with E-state index in [4.69, 9.17) is 0 Å². The normalized spacial score (nSPS) is 47.5. The minimum Gasteiger partial charge on any atom is -0.391 e. The fourth-order valence-electron chi connectivity index (χ4n) is 6.84. The summed E-state index contributed by atoms with van der Waals surface area (Å²) in [6.07, 6.45) is 12.0. The van der Waals surface area contributed by atoms with Crippen LogP contribution in [-0.2, 0) is 4.79 Å². The second-order valence-corrected chi connectivity index (χ2v) is 11.4. The third kappa shape index (κ3) is 4.79. The summed E-state index contributed by atoms with van der Waals surface area (Å²) in [7, 11) is 0. The minimum absolute atomic E-state index is 0.00935. The van der Waals surface area contributed by atoms with E-state index in [1.165, 1.54) is 6.08 Å². The first kappa shape index (κ1) is 27.0. The van der Waals surface area contributed by atoms with Crippen LogP contribution in [0.3, 0.4) is 0 Å². The lowest BCUT2D eigenvalue weighted by Gasteiger charge is -2.45. The average Bonchev–Trinajstić information content (AvgIpc) is 3.28. The van der Waals surface area contributed by atoms with Gasteiger partial charge in [-0.25, -0.2) is 0 Å². The smallest absolute Gasteiger partial charge is 0.230 e. The van der Waals surface area contributed by atoms with E-state index in [1.54, 1.807) is 13.0 Å². The number of hydrogen-bond acceptors (Lipinski definition) is 6. The van der Waals surface area contributed by atoms with Crippen molar-refractivity contribution in [1.82, 2.24) is 4.90 Å². The highest BCUT2D eigenvalue weighted by Crippen LogP contribution is 2.56. The highest BCUT2D eigenvalue weighted by Gasteiger charge is 2.62. The lowest BCUT2D eigenvalue weighted by atomic mass is 9.58. The van der Waals surface area contributed by atoms with Crippen molar-refractivity contribution < 1.29 is 30.3 Å². The van der Waals surface area contributed by atoms with Gasteiger partial charge in [-0.1, -0.05) is 74.1 Å². The molecule has 7 heteroatoms. The molecule has 7 nitrogen and oxygen atoms in total. The van der Waals surface area contributed by atoms with Crippen molar-refractivity contribution in [2.24, 2.45) is 29.1 Å². The summed E-state index contributed by atoms with van der Waals surface area (Å²) in [6.45, 7) is 7.90. The lowest BCUT2D eigenvalue weighted by molar-refractivity contribution is -0.131. The molecule has 0 unspecified atom stereocenters. The molecule has 2 heterocycles. The molecule has 2 fully saturated rings. The van der Waals surface area contributed by atoms with Gasteiger partial charge in [0, 0.05) is 35.6 Å². The Morgan fingerprint density at radius 3 is 2.31 bits per heavy atom. The molecular weight excluding hydrogens is 458 g/mol. The number of carbonyl (C=O) groups is 1. The van der Waals surface area contributed by atoms with E-state index in [-0.39, 0.29) is 42.2 Å². The Morgan fingerprint density at radius 1 is 0.889 bits per heavy atom. The van der Waals surface area contributed by atoms with Gasteiger partial charge in [0.2, 0.25) is 5.91 Å². The van der Waals surface area contributed by atoms with Crippen molar-refractivity contribution in [2.75, 3.05) is 0 Å². The summed E-state index contributed by atoms with van der Waals surface area (Å²) in [5.41, 5.74) is 0.485. The lowest BCUT2D eigenvalue weighted by Crippen LogP contribution is -2.47. The van der Waals surface area contributed by atoms with Crippen LogP contribution in [0.25, 0.3) is 0 Å². The van der Waals surface area contributed by atoms with E-state index >= 15 is 0 Å². The molecule has 0 radical (unpaired) electrons. The van der Waals surface area contributed by atoms with E-state index in [0.717, 1.165) is 5.57 Å². The number of aliphatic hydroxyl groups excluding tert-OH is 5. The maximum absolute atomic E-state index is 13.4. The van der Waals surface area contributed by atoms with Crippen molar-refractivity contribution in [3.05, 3.63) is 60.3 Å². The zero-order chi connectivity index (χ0) is 26.4. The van der Waals surface area contributed by atoms with Crippen molar-refractivity contribution in [1.29, 1.82) is 0 Å². The van der Waals surface area contributed by atoms with Gasteiger partial charge in [0.05, 0.1) is 36.4 Å². The molecule has 4 rings (SSSR count). The topological polar surface area (TPSA) is 121 Å². The van der Waals surface area contributed by atoms with Gasteiger partial charge in [0.15, 0.2) is 0 Å². The van der Waals surface area contributed by atoms with Crippen LogP contribution in [0.2, 0.25) is 0 Å². The summed E-state index contributed by atoms with van der Waals surface area (Å²) >= 11 is 0. The Morgan fingerprint density at radius 2 is 1.58 bits per heavy atom. The molecule has 0 saturated carbocycles. The van der Waals surface area contributed by atoms with E-state index in [0.29, 0.717) is 6.42 Å². The maximum Gasteiger partial charge on any atom is 0.230 e. The van der Waals surface area contributed by atoms with Gasteiger partial charge in [-0.3, -0.25) is 4.79 Å². The molecule has 0 aromatic heterocycles. The fourth-order valence-corrected chi connectivity index (χ4v) is 6.84. The van der Waals surface area contributed by atoms with Crippen LogP contribution in [0.4, 0.5) is 0 Å². The van der Waals surface area contributed by atoms with Crippen LogP contribution < -0.4 is 0 Å². The zero-order valence-electron chi connectivity index (χ0n) is 21.6. The van der Waals surface area contributed by atoms with E-state index in [1.807, 2.05) is 55.2 Å². The number of allylic oxidation sites excluding steroid dienone is 7. The number of amides is 1. The highest BCUT2D eigenvalue weighted by molar-refractivity contribution is 5.85. The standard InChI is InChI=1S/C29H41NO6/c1-16-7-5-6-8-20(31)14-23(33)27(35)26(34)17(2)9-10-19-11-12-21-24(29(19,4)15-16)25-22(32)13-18(3)30(25)28(21)36/h5-12,15,17-27,31-35H,13-14H2,1-4H3/t17-,18-,19+,20-,21-,22+,23-,24-,25+,26+,27+,29+/m0/s1. The molecule has 0 aromatic carbocycles. The molecular formula is C29H41NO6. The SMILES string of the molecule is CC1=C[C@]2(C)[C@@H](C=C[C@@H]3C(=O)N4[C@@H]([C@H]32)[C@H](O)C[C@@H]4C)C=C[C@H](C)[C@@H](O)[C@H](O)[C@@H](O)C[C@@H](O)C=CC=C1. The van der Waals surface area contributed by atoms with Crippen LogP contribution in [0.5, 0.6) is 0 Å². The van der Waals surface area contributed by atoms with Crippen LogP contribution in [0.15, 0.2) is 60.3 Å². The molecule has 0 bridgehead atoms. The number of aliphatic hydroxyl groups is 5. The largest absolute Gasteiger partial charge is 0.391 e. The Hall–Kier alpha value is -2.03. The third-order valence-electron chi connectivity index (χ3n) is 8.76. The average molecular weight is 500 g/mol. The monoisotopic (exact) mass is 499 g/mol. The van der Waals surface area contributed by atoms with Crippen LogP contribution in [-0.4, -0.2) is 78.9 Å². The number of carbonyl (C=O) groups excluding carboxylic acids is 1. The fraction of sp³-hybridized carbons (Fsp3) is 0.621. The number of rotatable bonds is 0. The van der Waals surface area contributed by atoms with Crippen LogP contribution in [0.1, 0.15) is 40.5 Å². The Kier molecular flexibility index (Phi) is 7.79. The first-order valence-corrected chi connectivity index (χ1v) is 13.1. The van der Waals surface area contributed by atoms with E-state index in [9.17, 15) is 30.3 Å². The van der Waals surface area contributed by atoms with E-state index in [2.05, 4.69) is 13.0 Å². The Balaban J connectivity index is 1.79. The summed E-state index contributed by atoms with van der Waals surface area (Å²) in [6, 6.07) is -0.276. The molecule has 2 saturated heterocycles. The molecule has 5 N–H and O–H groups in total. The number of hydrogen-bond donors (Lipinski definition) is 5. The van der Waals surface area contributed by atoms with Gasteiger partial charge in [-0.15, -0.1) is 0 Å². The molecule has 4 aliphatic rings. The third-order valence-corrected chi connectivity index (χ3v) is 8.76. The molecule has 198 valence electrons. The van der Waals surface area contributed by atoms with Gasteiger partial charge in [-0.2, -0.15) is 0 Å². The predicted molar refractivity (Wildman–Crippen MR) is 137 cm³/mol. The minimum atomic E-state index is -1.41. The first-order chi connectivity index (χ1) is 17.0. The molecule has 0 aromatic rings. The number of fused-ring (bicyclic) bond motifs is 5. The maximum atomic E-state index is 13.4. The number of nitrogens with zero attached hydrogens (tertiary/aromatic N) is 1. The zero-order valence-corrected chi connectivity index (χ0v) is 21.6. The quantitative estimate of drug-likeness (QED) is 0.325. The van der Waals surface area contributed by atoms with Gasteiger partial charge in [0.1, 0.15) is 6.10 Å². The Labute approximate surface area is 213 Å². The predicted octanol–water partition coefficient (Wildman–Crippen LogP) is 1.87. The molecule has 0 spiro atoms. The molecule has 1 amide bonds. The highest BCUT2D eigenvalue weighted by atomic mass is 16.4. The van der Waals surface area contributed by atoms with Gasteiger partial charge >= 0.3 is 0 Å². The molecule has 12 atom stereocenters. The molecule has 2 aliphatic heterocycles. The van der Waals surface area contributed by atoms with Gasteiger partial charge in [0.25, 0.3) is 0 Å². The van der Waals surface area contributed by atoms with Gasteiger partial charge < -0.3 is 30.4 Å². The van der Waals surface area contributed by atoms with Crippen molar-refractivity contribution >= 4 is 5.91 Å².